The number of carboxylic acids is 2. The summed E-state index contributed by atoms with van der Waals surface area (Å²) >= 11 is 1.03. The molecule has 1 fully saturated rings. The third kappa shape index (κ3) is 31.5. The second kappa shape index (κ2) is 46.6. The number of hydrogen-bond donors (Lipinski definition) is 13. The number of aliphatic hydroxyl groups excluding tert-OH is 5. The summed E-state index contributed by atoms with van der Waals surface area (Å²) < 4.78 is 16.8. The Labute approximate surface area is 606 Å². The van der Waals surface area contributed by atoms with Crippen LogP contribution >= 0.6 is 32.9 Å². The zero-order valence-corrected chi connectivity index (χ0v) is 62.0. The number of Topliss-reactive ketones (excluding diaryl/α,β-unsaturated/α-hetero) is 2. The average Bonchev–Trinajstić information content (AvgIpc) is 1.24. The zero-order valence-electron chi connectivity index (χ0n) is 59.6. The van der Waals surface area contributed by atoms with Crippen molar-refractivity contribution in [1.29, 1.82) is 0 Å². The molecule has 34 heteroatoms. The smallest absolute Gasteiger partial charge is 0.426 e. The number of ketones is 2. The van der Waals surface area contributed by atoms with Crippen molar-refractivity contribution >= 4 is 104 Å². The lowest BCUT2D eigenvalue weighted by molar-refractivity contribution is -0.162. The minimum absolute atomic E-state index is 0.00461. The van der Waals surface area contributed by atoms with Gasteiger partial charge in [-0.05, 0) is 94.5 Å². The number of phenols is 1. The van der Waals surface area contributed by atoms with Gasteiger partial charge in [-0.2, -0.15) is 0 Å². The van der Waals surface area contributed by atoms with Crippen LogP contribution in [0.25, 0.3) is 0 Å². The number of ether oxygens (including phenoxy) is 3. The molecule has 0 radical (unpaired) electrons. The summed E-state index contributed by atoms with van der Waals surface area (Å²) in [5.41, 5.74) is 5.07. The summed E-state index contributed by atoms with van der Waals surface area (Å²) in [5, 5.41) is 87.5. The van der Waals surface area contributed by atoms with Gasteiger partial charge in [-0.15, -0.1) is 11.3 Å². The van der Waals surface area contributed by atoms with E-state index in [-0.39, 0.29) is 122 Å². The highest BCUT2D eigenvalue weighted by Gasteiger charge is 2.41. The second-order valence-corrected chi connectivity index (χ2v) is 29.6. The zero-order chi connectivity index (χ0) is 76.3. The summed E-state index contributed by atoms with van der Waals surface area (Å²) in [5.74, 6) is -12.3. The second-order valence-electron chi connectivity index (χ2n) is 26.1. The van der Waals surface area contributed by atoms with E-state index in [9.17, 15) is 88.5 Å². The standard InChI is InChI=1S/C68H106N8O23S3/c1-10-15-59(87)98-37-76(66(93)47(39(6)11-2)31-53(81)50-16-13-14-25-75(50)9)51(38(4)5)32-56(99-41(8)78)65-72-49(36-100-65)64(92)70-45(29-42-17-20-46(79)21-18-42)28-40(7)62(90)73-74-68(96)97-26-27-101-102-35-44(67(94)95)30-52(80)48(71-63(91)43(12-3)19-24-58(85)86)22-23-57(84)69-33-54(82)60(88)61(89)55(83)34-77/h17-18,20-21,36,38-40,43-45,47-48,50-51,54-56,60-61,77,79,82-83,88-89H,10-16,19,22-35,37H2,1-9H3,(H,69,84)(H,70,92)(H,71,91)(H,73,90)(H,74,96)(H,85,86)(H,94,95)/t39?,40-,43-,44-,45+,47-,48-,50+,51+,54-,55+,56+,60+,61+/m0/s1. The number of hydrogen-bond acceptors (Lipinski definition) is 26. The van der Waals surface area contributed by atoms with Crippen LogP contribution < -0.4 is 26.8 Å². The maximum absolute atomic E-state index is 15.1. The first kappa shape index (κ1) is 89.2. The first-order chi connectivity index (χ1) is 48.2. The van der Waals surface area contributed by atoms with Crippen LogP contribution in [-0.2, 0) is 68.6 Å². The van der Waals surface area contributed by atoms with Gasteiger partial charge in [0, 0.05) is 98.7 Å². The molecule has 6 amide bonds. The summed E-state index contributed by atoms with van der Waals surface area (Å²) in [6.07, 6.45) is -7.62. The molecule has 1 aliphatic rings. The fourth-order valence-electron chi connectivity index (χ4n) is 11.3. The number of phenolic OH excluding ortho intramolecular Hbond substituents is 1. The van der Waals surface area contributed by atoms with Crippen molar-refractivity contribution < 1.29 is 113 Å². The van der Waals surface area contributed by atoms with E-state index in [2.05, 4.69) is 31.8 Å². The van der Waals surface area contributed by atoms with E-state index in [0.717, 1.165) is 52.3 Å². The Hall–Kier alpha value is -7.05. The molecule has 0 bridgehead atoms. The largest absolute Gasteiger partial charge is 0.508 e. The monoisotopic (exact) mass is 1500 g/mol. The first-order valence-corrected chi connectivity index (χ1v) is 37.9. The first-order valence-electron chi connectivity index (χ1n) is 34.5. The molecule has 102 heavy (non-hydrogen) atoms. The molecule has 0 aliphatic carbocycles. The number of likely N-dealkylation sites (N-methyl/N-ethyl adjacent to an activating group) is 1. The number of amides is 6. The third-order valence-corrected chi connectivity index (χ3v) is 21.1. The van der Waals surface area contributed by atoms with Crippen LogP contribution in [0.15, 0.2) is 29.6 Å². The third-order valence-electron chi connectivity index (χ3n) is 17.7. The number of piperidine rings is 1. The molecule has 0 spiro atoms. The molecular formula is C68H106N8O23S3. The van der Waals surface area contributed by atoms with E-state index in [1.807, 2.05) is 46.6 Å². The van der Waals surface area contributed by atoms with Gasteiger partial charge in [0.15, 0.2) is 24.4 Å². The number of rotatable bonds is 48. The number of nitrogens with zero attached hydrogens (tertiary/aromatic N) is 3. The predicted molar refractivity (Wildman–Crippen MR) is 376 cm³/mol. The number of likely N-dealkylation sites (tertiary alicyclic amines) is 1. The van der Waals surface area contributed by atoms with Gasteiger partial charge < -0.3 is 75.9 Å². The van der Waals surface area contributed by atoms with Gasteiger partial charge in [-0.1, -0.05) is 95.0 Å². The number of aromatic hydroxyl groups is 1. The predicted octanol–water partition coefficient (Wildman–Crippen LogP) is 3.98. The topological polar surface area (TPSA) is 474 Å². The highest BCUT2D eigenvalue weighted by atomic mass is 33.1. The number of carbonyl (C=O) groups excluding carboxylic acids is 10. The molecule has 0 saturated carbocycles. The summed E-state index contributed by atoms with van der Waals surface area (Å²) in [6.45, 7) is 12.3. The lowest BCUT2D eigenvalue weighted by Gasteiger charge is -2.39. The van der Waals surface area contributed by atoms with Crippen molar-refractivity contribution in [3.8, 4) is 5.75 Å². The van der Waals surface area contributed by atoms with Gasteiger partial charge in [0.05, 0.1) is 30.7 Å². The molecule has 1 aliphatic heterocycles. The van der Waals surface area contributed by atoms with Crippen LogP contribution in [0.3, 0.4) is 0 Å². The summed E-state index contributed by atoms with van der Waals surface area (Å²) in [6, 6.07) is 2.91. The number of carboxylic acid groups (broad SMARTS) is 2. The molecule has 1 aromatic heterocycles. The number of aromatic nitrogens is 1. The van der Waals surface area contributed by atoms with E-state index in [1.165, 1.54) is 29.3 Å². The Balaban J connectivity index is 1.69. The number of thiazole rings is 1. The molecular weight excluding hydrogens is 1390 g/mol. The maximum Gasteiger partial charge on any atom is 0.426 e. The fraction of sp³-hybridized carbons (Fsp3) is 0.691. The van der Waals surface area contributed by atoms with Gasteiger partial charge in [0.25, 0.3) is 5.91 Å². The van der Waals surface area contributed by atoms with Gasteiger partial charge in [0.2, 0.25) is 23.6 Å². The number of nitrogens with one attached hydrogen (secondary N) is 5. The quantitative estimate of drug-likeness (QED) is 0.0111. The van der Waals surface area contributed by atoms with E-state index in [1.54, 1.807) is 26.0 Å². The molecule has 2 aromatic rings. The highest BCUT2D eigenvalue weighted by molar-refractivity contribution is 8.76. The van der Waals surface area contributed by atoms with Crippen LogP contribution in [0.4, 0.5) is 4.79 Å². The normalized spacial score (nSPS) is 17.0. The average molecular weight is 1500 g/mol. The van der Waals surface area contributed by atoms with Crippen LogP contribution in [-0.4, -0.2) is 227 Å². The summed E-state index contributed by atoms with van der Waals surface area (Å²) in [4.78, 5) is 167. The van der Waals surface area contributed by atoms with Crippen LogP contribution in [0.5, 0.6) is 5.75 Å². The van der Waals surface area contributed by atoms with Crippen molar-refractivity contribution in [1.82, 2.24) is 41.6 Å². The molecule has 1 saturated heterocycles. The van der Waals surface area contributed by atoms with Crippen LogP contribution in [0, 0.1) is 35.5 Å². The lowest BCUT2D eigenvalue weighted by Crippen LogP contribution is -2.50. The van der Waals surface area contributed by atoms with Gasteiger partial charge in [-0.3, -0.25) is 63.1 Å². The van der Waals surface area contributed by atoms with Crippen LogP contribution in [0.2, 0.25) is 0 Å². The van der Waals surface area contributed by atoms with Gasteiger partial charge in [0.1, 0.15) is 41.4 Å². The SMILES string of the molecule is CCCC(=O)OCN(C(=O)[C@@H](CC(=O)[C@H]1CCCCN1C)C(C)CC)[C@H](C[C@@H](OC(C)=O)c1nc(C(=O)N[C@@H](Cc2ccc(O)cc2)C[C@H](C)C(=O)NNC(=O)OCCSSC[C@H](CC(=O)[C@H](CCC(=O)NC[C@H](O)[C@@H](O)[C@H](O)[C@H](O)CO)NC(=O)[C@@H](CC)CCC(=O)O)C(=O)O)cs1)C(C)C. The van der Waals surface area contributed by atoms with Gasteiger partial charge in [-0.25, -0.2) is 15.2 Å². The molecule has 14 atom stereocenters. The van der Waals surface area contributed by atoms with Crippen molar-refractivity contribution in [2.24, 2.45) is 35.5 Å². The number of benzene rings is 1. The molecule has 1 unspecified atom stereocenters. The summed E-state index contributed by atoms with van der Waals surface area (Å²) in [7, 11) is 4.01. The van der Waals surface area contributed by atoms with E-state index in [4.69, 9.17) is 19.3 Å². The van der Waals surface area contributed by atoms with E-state index >= 15 is 4.79 Å². The molecule has 574 valence electrons. The minimum Gasteiger partial charge on any atom is -0.508 e. The van der Waals surface area contributed by atoms with Crippen LogP contribution in [0.1, 0.15) is 179 Å². The van der Waals surface area contributed by atoms with Crippen molar-refractivity contribution in [2.75, 3.05) is 51.6 Å². The Morgan fingerprint density at radius 3 is 2.09 bits per heavy atom. The number of esters is 2. The molecule has 31 nitrogen and oxygen atoms in total. The van der Waals surface area contributed by atoms with E-state index in [0.29, 0.717) is 24.8 Å². The Morgan fingerprint density at radius 1 is 0.794 bits per heavy atom. The van der Waals surface area contributed by atoms with Crippen molar-refractivity contribution in [2.45, 2.75) is 213 Å². The fourth-order valence-corrected chi connectivity index (χ4v) is 14.3. The lowest BCUT2D eigenvalue weighted by atomic mass is 9.82. The molecule has 3 rings (SSSR count). The molecule has 13 N–H and O–H groups in total. The van der Waals surface area contributed by atoms with Gasteiger partial charge >= 0.3 is 30.0 Å². The minimum atomic E-state index is -1.98. The highest BCUT2D eigenvalue weighted by Crippen LogP contribution is 2.34. The Morgan fingerprint density at radius 2 is 1.48 bits per heavy atom. The Kier molecular flexibility index (Phi) is 40.8. The number of aliphatic carboxylic acids is 2. The Bertz CT molecular complexity index is 3040. The molecule has 2 heterocycles. The maximum atomic E-state index is 15.1. The molecule has 1 aromatic carbocycles. The number of hydrazine groups is 1. The number of aliphatic hydroxyl groups is 5. The van der Waals surface area contributed by atoms with E-state index < -0.39 is 164 Å². The van der Waals surface area contributed by atoms with Crippen molar-refractivity contribution in [3.05, 3.63) is 45.9 Å². The number of carbonyl (C=O) groups is 12. The van der Waals surface area contributed by atoms with Crippen molar-refractivity contribution in [3.63, 3.8) is 0 Å².